The van der Waals surface area contributed by atoms with Gasteiger partial charge >= 0.3 is 6.09 Å². The highest BCUT2D eigenvalue weighted by Crippen LogP contribution is 2.39. The number of methoxy groups -OCH3 is 3. The van der Waals surface area contributed by atoms with Crippen molar-refractivity contribution >= 4 is 17.7 Å². The number of benzene rings is 1. The summed E-state index contributed by atoms with van der Waals surface area (Å²) in [5.41, 5.74) is 4.16. The molecule has 316 valence electrons. The number of nitrogens with zero attached hydrogens (tertiary/aromatic N) is 6. The maximum absolute atomic E-state index is 12.7. The summed E-state index contributed by atoms with van der Waals surface area (Å²) < 4.78 is 23.2. The van der Waals surface area contributed by atoms with E-state index in [0.717, 1.165) is 61.3 Å². The minimum Gasteiger partial charge on any atom is -0.507 e. The van der Waals surface area contributed by atoms with Crippen LogP contribution in [0, 0.1) is 5.92 Å². The molecule has 14 heteroatoms. The van der Waals surface area contributed by atoms with Gasteiger partial charge in [-0.05, 0) is 108 Å². The van der Waals surface area contributed by atoms with Crippen LogP contribution >= 0.6 is 0 Å². The summed E-state index contributed by atoms with van der Waals surface area (Å²) in [7, 11) is 4.64. The van der Waals surface area contributed by atoms with Gasteiger partial charge in [0.25, 0.3) is 0 Å². The number of amides is 1. The lowest BCUT2D eigenvalue weighted by molar-refractivity contribution is 0.0222. The molecule has 1 saturated carbocycles. The molecule has 6 heterocycles. The summed E-state index contributed by atoms with van der Waals surface area (Å²) in [6, 6.07) is 17.6. The lowest BCUT2D eigenvalue weighted by Crippen LogP contribution is -2.43. The summed E-state index contributed by atoms with van der Waals surface area (Å²) in [6.45, 7) is 6.86. The topological polar surface area (TPSA) is 168 Å². The summed E-state index contributed by atoms with van der Waals surface area (Å²) in [5, 5.41) is 10.2. The molecule has 5 aromatic rings. The Kier molecular flexibility index (Phi) is 14.2. The lowest BCUT2D eigenvalue weighted by atomic mass is 9.97. The summed E-state index contributed by atoms with van der Waals surface area (Å²) >= 11 is 0. The number of hydrogen-bond acceptors (Lipinski definition) is 12. The number of likely N-dealkylation sites (tertiary alicyclic amines) is 1. The number of carbonyl (C=O) groups excluding carboxylic acids is 3. The van der Waals surface area contributed by atoms with Crippen LogP contribution in [0.4, 0.5) is 4.79 Å². The largest absolute Gasteiger partial charge is 0.507 e. The van der Waals surface area contributed by atoms with E-state index in [2.05, 4.69) is 19.5 Å². The van der Waals surface area contributed by atoms with Gasteiger partial charge in [0.15, 0.2) is 11.6 Å². The van der Waals surface area contributed by atoms with Gasteiger partial charge in [0.05, 0.1) is 55.3 Å². The zero-order valence-corrected chi connectivity index (χ0v) is 35.2. The third-order valence-electron chi connectivity index (χ3n) is 10.6. The molecule has 3 aliphatic rings. The van der Waals surface area contributed by atoms with Crippen molar-refractivity contribution in [3.05, 3.63) is 96.1 Å². The van der Waals surface area contributed by atoms with Crippen LogP contribution < -0.4 is 14.2 Å². The van der Waals surface area contributed by atoms with Crippen molar-refractivity contribution in [2.45, 2.75) is 90.3 Å². The van der Waals surface area contributed by atoms with Crippen molar-refractivity contribution in [3.63, 3.8) is 0 Å². The van der Waals surface area contributed by atoms with Gasteiger partial charge in [0.2, 0.25) is 17.6 Å². The molecule has 1 aromatic carbocycles. The highest BCUT2D eigenvalue weighted by molar-refractivity contribution is 6.03. The van der Waals surface area contributed by atoms with Crippen LogP contribution in [0.1, 0.15) is 92.1 Å². The number of ketones is 2. The van der Waals surface area contributed by atoms with E-state index in [1.807, 2.05) is 51.1 Å². The van der Waals surface area contributed by atoms with Crippen LogP contribution in [0.2, 0.25) is 0 Å². The van der Waals surface area contributed by atoms with Gasteiger partial charge in [-0.15, -0.1) is 0 Å². The molecule has 1 amide bonds. The number of Topliss-reactive ketones (excluding diaryl/α,β-unsaturated/α-hetero) is 2. The Bertz CT molecular complexity index is 2280. The van der Waals surface area contributed by atoms with Gasteiger partial charge in [-0.3, -0.25) is 14.5 Å². The van der Waals surface area contributed by atoms with Crippen molar-refractivity contribution < 1.29 is 38.4 Å². The average Bonchev–Trinajstić information content (AvgIpc) is 4.10. The van der Waals surface area contributed by atoms with Crippen LogP contribution in [0.25, 0.3) is 22.6 Å². The van der Waals surface area contributed by atoms with E-state index in [9.17, 15) is 19.5 Å². The summed E-state index contributed by atoms with van der Waals surface area (Å²) in [5.74, 6) is 2.57. The van der Waals surface area contributed by atoms with Gasteiger partial charge in [-0.2, -0.15) is 0 Å². The highest BCUT2D eigenvalue weighted by atomic mass is 16.6. The molecule has 2 aliphatic heterocycles. The number of phenolic OH excluding ortho intramolecular Hbond substituents is 1. The monoisotopic (exact) mass is 818 g/mol. The molecule has 0 bridgehead atoms. The molecule has 4 aromatic heterocycles. The number of pyridine rings is 3. The van der Waals surface area contributed by atoms with Crippen molar-refractivity contribution in [3.8, 4) is 46.0 Å². The molecule has 1 unspecified atom stereocenters. The second-order valence-corrected chi connectivity index (χ2v) is 15.7. The van der Waals surface area contributed by atoms with Crippen molar-refractivity contribution in [2.24, 2.45) is 5.92 Å². The van der Waals surface area contributed by atoms with Gasteiger partial charge in [-0.25, -0.2) is 24.7 Å². The number of fused-ring (bicyclic) bond motifs is 1. The van der Waals surface area contributed by atoms with E-state index in [0.29, 0.717) is 35.9 Å². The second-order valence-electron chi connectivity index (χ2n) is 15.7. The molecule has 14 nitrogen and oxygen atoms in total. The molecule has 2 fully saturated rings. The maximum atomic E-state index is 12.7. The number of aromatic nitrogens is 5. The number of para-hydroxylation sites is 1. The smallest absolute Gasteiger partial charge is 0.410 e. The molecule has 1 N–H and O–H groups in total. The van der Waals surface area contributed by atoms with E-state index in [4.69, 9.17) is 23.9 Å². The van der Waals surface area contributed by atoms with Crippen LogP contribution in [0.3, 0.4) is 0 Å². The number of ether oxygens (including phenoxy) is 4. The van der Waals surface area contributed by atoms with Crippen LogP contribution in [-0.4, -0.2) is 91.7 Å². The first-order valence-electron chi connectivity index (χ1n) is 20.4. The van der Waals surface area contributed by atoms with Crippen molar-refractivity contribution in [1.82, 2.24) is 29.4 Å². The first-order chi connectivity index (χ1) is 28.9. The summed E-state index contributed by atoms with van der Waals surface area (Å²) in [4.78, 5) is 55.8. The fourth-order valence-corrected chi connectivity index (χ4v) is 7.85. The van der Waals surface area contributed by atoms with Crippen LogP contribution in [0.15, 0.2) is 79.3 Å². The Balaban J connectivity index is 0.000000154. The average molecular weight is 819 g/mol. The van der Waals surface area contributed by atoms with Crippen LogP contribution in [0.5, 0.6) is 23.4 Å². The first kappa shape index (κ1) is 43.3. The molecular weight excluding hydrogens is 765 g/mol. The first-order valence-corrected chi connectivity index (χ1v) is 20.4. The predicted molar refractivity (Wildman–Crippen MR) is 226 cm³/mol. The van der Waals surface area contributed by atoms with E-state index >= 15 is 0 Å². The minimum atomic E-state index is -0.584. The van der Waals surface area contributed by atoms with Gasteiger partial charge in [0.1, 0.15) is 17.2 Å². The highest BCUT2D eigenvalue weighted by Gasteiger charge is 2.38. The standard InChI is InChI=1S/C18H17N3O2.C16H22N2O4.C12H15NO2/c1-23-18-13(7-4-10-19-18)16-14-8-5-11-21(14)17(20-16)12-6-2-3-9-15(12)22;1-16(2,3)22-15(20)18-10-6-8-12(18)13(19)11-7-5-9-17-14(11)21-4;1-15-12-10(7-4-8-13-12)11(14)9-5-2-3-6-9/h2-4,6-7,9-10,22H,5,8,11H2,1H3;5,7,9,12H,6,8,10H2,1-4H3;4,7-9H,2-3,5-6H2,1H3. The third kappa shape index (κ3) is 9.92. The molecule has 1 saturated heterocycles. The molecule has 60 heavy (non-hydrogen) atoms. The fraction of sp³-hybridized carbons (Fsp3) is 0.413. The van der Waals surface area contributed by atoms with E-state index in [1.54, 1.807) is 63.1 Å². The van der Waals surface area contributed by atoms with E-state index in [-0.39, 0.29) is 29.1 Å². The molecule has 1 atom stereocenters. The van der Waals surface area contributed by atoms with Crippen molar-refractivity contribution in [1.29, 1.82) is 0 Å². The molecular formula is C46H54N6O8. The quantitative estimate of drug-likeness (QED) is 0.141. The molecule has 8 rings (SSSR count). The zero-order valence-electron chi connectivity index (χ0n) is 35.2. The lowest BCUT2D eigenvalue weighted by Gasteiger charge is -2.28. The number of hydrogen-bond donors (Lipinski definition) is 1. The molecule has 0 radical (unpaired) electrons. The second kappa shape index (κ2) is 19.6. The summed E-state index contributed by atoms with van der Waals surface area (Å²) in [6.07, 6.45) is 12.3. The normalized spacial score (nSPS) is 15.8. The van der Waals surface area contributed by atoms with Crippen molar-refractivity contribution in [2.75, 3.05) is 27.9 Å². The van der Waals surface area contributed by atoms with E-state index in [1.165, 1.54) is 30.5 Å². The molecule has 0 spiro atoms. The van der Waals surface area contributed by atoms with Gasteiger partial charge in [0, 0.05) is 43.3 Å². The number of imidazole rings is 1. The Morgan fingerprint density at radius 3 is 1.88 bits per heavy atom. The third-order valence-corrected chi connectivity index (χ3v) is 10.6. The number of aromatic hydroxyl groups is 1. The Hall–Kier alpha value is -6.31. The SMILES string of the molecule is COc1ncccc1-c1nc(-c2ccccc2O)n2c1CCC2.COc1ncccc1C(=O)C1CCCC1.COc1ncccc1C(=O)C1CCCN1C(=O)OC(C)(C)C. The number of phenols is 1. The Morgan fingerprint density at radius 2 is 1.27 bits per heavy atom. The predicted octanol–water partition coefficient (Wildman–Crippen LogP) is 8.41. The number of rotatable bonds is 9. The van der Waals surface area contributed by atoms with Gasteiger partial charge in [-0.1, -0.05) is 25.0 Å². The Labute approximate surface area is 350 Å². The zero-order chi connectivity index (χ0) is 42.8. The maximum Gasteiger partial charge on any atom is 0.410 e. The fourth-order valence-electron chi connectivity index (χ4n) is 7.85. The minimum absolute atomic E-state index is 0.159. The molecule has 1 aliphatic carbocycles. The van der Waals surface area contributed by atoms with Crippen LogP contribution in [-0.2, 0) is 17.7 Å². The van der Waals surface area contributed by atoms with Gasteiger partial charge < -0.3 is 28.6 Å². The van der Waals surface area contributed by atoms with E-state index < -0.39 is 17.7 Å². The Morgan fingerprint density at radius 1 is 0.683 bits per heavy atom. The number of carbonyl (C=O) groups is 3.